The quantitative estimate of drug-likeness (QED) is 0.854. The van der Waals surface area contributed by atoms with Crippen LogP contribution in [0.5, 0.6) is 0 Å². The zero-order chi connectivity index (χ0) is 14.4. The van der Waals surface area contributed by atoms with E-state index in [0.29, 0.717) is 5.92 Å². The SMILES string of the molecule is CC.CC1CNCCc2ccc(N3CCOCC3)nc21. The van der Waals surface area contributed by atoms with Gasteiger partial charge in [-0.25, -0.2) is 4.98 Å². The molecule has 0 aromatic carbocycles. The first-order valence-electron chi connectivity index (χ1n) is 7.88. The summed E-state index contributed by atoms with van der Waals surface area (Å²) >= 11 is 0. The second-order valence-corrected chi connectivity index (χ2v) is 5.17. The van der Waals surface area contributed by atoms with E-state index in [4.69, 9.17) is 9.72 Å². The molecule has 112 valence electrons. The predicted molar refractivity (Wildman–Crippen MR) is 83.6 cm³/mol. The lowest BCUT2D eigenvalue weighted by Gasteiger charge is -2.28. The van der Waals surface area contributed by atoms with Crippen LogP contribution in [0.15, 0.2) is 12.1 Å². The number of pyridine rings is 1. The van der Waals surface area contributed by atoms with E-state index in [9.17, 15) is 0 Å². The molecule has 0 bridgehead atoms. The molecule has 0 amide bonds. The topological polar surface area (TPSA) is 37.4 Å². The summed E-state index contributed by atoms with van der Waals surface area (Å²) in [4.78, 5) is 7.24. The predicted octanol–water partition coefficient (Wildman–Crippen LogP) is 2.19. The number of fused-ring (bicyclic) bond motifs is 1. The first-order valence-corrected chi connectivity index (χ1v) is 7.88. The van der Waals surface area contributed by atoms with Gasteiger partial charge in [0.25, 0.3) is 0 Å². The molecule has 1 saturated heterocycles. The zero-order valence-electron chi connectivity index (χ0n) is 13.0. The molecular weight excluding hydrogens is 250 g/mol. The third kappa shape index (κ3) is 3.49. The van der Waals surface area contributed by atoms with E-state index in [1.165, 1.54) is 11.3 Å². The third-order valence-electron chi connectivity index (χ3n) is 3.82. The molecule has 1 aromatic rings. The molecule has 3 heterocycles. The van der Waals surface area contributed by atoms with E-state index in [2.05, 4.69) is 29.3 Å². The van der Waals surface area contributed by atoms with E-state index in [1.54, 1.807) is 0 Å². The summed E-state index contributed by atoms with van der Waals surface area (Å²) in [6.45, 7) is 11.9. The molecule has 0 saturated carbocycles. The van der Waals surface area contributed by atoms with Gasteiger partial charge in [0.2, 0.25) is 0 Å². The number of hydrogen-bond donors (Lipinski definition) is 1. The molecule has 20 heavy (non-hydrogen) atoms. The molecule has 0 radical (unpaired) electrons. The van der Waals surface area contributed by atoms with Crippen molar-refractivity contribution in [3.8, 4) is 0 Å². The van der Waals surface area contributed by atoms with Crippen molar-refractivity contribution in [2.24, 2.45) is 0 Å². The average molecular weight is 277 g/mol. The van der Waals surface area contributed by atoms with Gasteiger partial charge in [-0.15, -0.1) is 0 Å². The highest BCUT2D eigenvalue weighted by molar-refractivity contribution is 5.43. The van der Waals surface area contributed by atoms with Crippen molar-refractivity contribution in [3.05, 3.63) is 23.4 Å². The summed E-state index contributed by atoms with van der Waals surface area (Å²) in [5.74, 6) is 1.62. The Morgan fingerprint density at radius 1 is 1.25 bits per heavy atom. The standard InChI is InChI=1S/C14H21N3O.C2H6/c1-11-10-15-5-4-12-2-3-13(16-14(11)12)17-6-8-18-9-7-17;1-2/h2-3,11,15H,4-10H2,1H3;1-2H3. The molecule has 0 spiro atoms. The molecule has 1 aromatic heterocycles. The smallest absolute Gasteiger partial charge is 0.128 e. The van der Waals surface area contributed by atoms with E-state index < -0.39 is 0 Å². The van der Waals surface area contributed by atoms with Crippen molar-refractivity contribution in [2.45, 2.75) is 33.1 Å². The monoisotopic (exact) mass is 277 g/mol. The molecule has 4 nitrogen and oxygen atoms in total. The molecule has 2 aliphatic heterocycles. The lowest BCUT2D eigenvalue weighted by Crippen LogP contribution is -2.37. The van der Waals surface area contributed by atoms with Crippen LogP contribution >= 0.6 is 0 Å². The first-order chi connectivity index (χ1) is 9.84. The highest BCUT2D eigenvalue weighted by Crippen LogP contribution is 2.24. The fourth-order valence-corrected chi connectivity index (χ4v) is 2.74. The Labute approximate surface area is 122 Å². The fourth-order valence-electron chi connectivity index (χ4n) is 2.74. The van der Waals surface area contributed by atoms with Gasteiger partial charge in [0.05, 0.1) is 18.9 Å². The van der Waals surface area contributed by atoms with E-state index in [0.717, 1.165) is 51.6 Å². The van der Waals surface area contributed by atoms with E-state index in [1.807, 2.05) is 13.8 Å². The van der Waals surface area contributed by atoms with Gasteiger partial charge in [-0.3, -0.25) is 0 Å². The number of anilines is 1. The van der Waals surface area contributed by atoms with Gasteiger partial charge in [0.1, 0.15) is 5.82 Å². The van der Waals surface area contributed by atoms with Crippen molar-refractivity contribution >= 4 is 5.82 Å². The molecular formula is C16H27N3O. The largest absolute Gasteiger partial charge is 0.378 e. The van der Waals surface area contributed by atoms with Crippen molar-refractivity contribution in [3.63, 3.8) is 0 Å². The summed E-state index contributed by atoms with van der Waals surface area (Å²) < 4.78 is 5.40. The second-order valence-electron chi connectivity index (χ2n) is 5.17. The number of morpholine rings is 1. The van der Waals surface area contributed by atoms with Crippen molar-refractivity contribution in [1.29, 1.82) is 0 Å². The van der Waals surface area contributed by atoms with Crippen molar-refractivity contribution in [1.82, 2.24) is 10.3 Å². The summed E-state index contributed by atoms with van der Waals surface area (Å²) in [6, 6.07) is 4.43. The normalized spacial score (nSPS) is 22.4. The molecule has 3 rings (SSSR count). The minimum Gasteiger partial charge on any atom is -0.378 e. The van der Waals surface area contributed by atoms with Crippen molar-refractivity contribution in [2.75, 3.05) is 44.3 Å². The number of aromatic nitrogens is 1. The maximum atomic E-state index is 5.40. The first kappa shape index (κ1) is 15.3. The number of nitrogens with zero attached hydrogens (tertiary/aromatic N) is 2. The maximum Gasteiger partial charge on any atom is 0.128 e. The van der Waals surface area contributed by atoms with Gasteiger partial charge in [-0.2, -0.15) is 0 Å². The Kier molecular flexibility index (Phi) is 5.80. The van der Waals surface area contributed by atoms with Gasteiger partial charge in [0, 0.05) is 25.6 Å². The second kappa shape index (κ2) is 7.60. The minimum atomic E-state index is 0.503. The van der Waals surface area contributed by atoms with Gasteiger partial charge in [-0.1, -0.05) is 26.8 Å². The van der Waals surface area contributed by atoms with Crippen LogP contribution in [0.1, 0.15) is 37.9 Å². The highest BCUT2D eigenvalue weighted by atomic mass is 16.5. The van der Waals surface area contributed by atoms with Crippen LogP contribution in [0.25, 0.3) is 0 Å². The Morgan fingerprint density at radius 2 is 2.00 bits per heavy atom. The molecule has 2 aliphatic rings. The molecule has 4 heteroatoms. The van der Waals surface area contributed by atoms with Crippen LogP contribution in [0.2, 0.25) is 0 Å². The minimum absolute atomic E-state index is 0.503. The van der Waals surface area contributed by atoms with Gasteiger partial charge in [-0.05, 0) is 24.6 Å². The number of hydrogen-bond acceptors (Lipinski definition) is 4. The fraction of sp³-hybridized carbons (Fsp3) is 0.688. The summed E-state index contributed by atoms with van der Waals surface area (Å²) in [7, 11) is 0. The highest BCUT2D eigenvalue weighted by Gasteiger charge is 2.19. The van der Waals surface area contributed by atoms with Crippen LogP contribution in [-0.2, 0) is 11.2 Å². The summed E-state index contributed by atoms with van der Waals surface area (Å²) in [5.41, 5.74) is 2.69. The van der Waals surface area contributed by atoms with Gasteiger partial charge in [0.15, 0.2) is 0 Å². The Bertz CT molecular complexity index is 416. The summed E-state index contributed by atoms with van der Waals surface area (Å²) in [5, 5.41) is 3.47. The van der Waals surface area contributed by atoms with E-state index >= 15 is 0 Å². The van der Waals surface area contributed by atoms with Crippen LogP contribution in [-0.4, -0.2) is 44.4 Å². The van der Waals surface area contributed by atoms with Crippen LogP contribution in [0.3, 0.4) is 0 Å². The third-order valence-corrected chi connectivity index (χ3v) is 3.82. The molecule has 1 fully saturated rings. The number of ether oxygens (including phenoxy) is 1. The molecule has 1 N–H and O–H groups in total. The average Bonchev–Trinajstić information content (AvgIpc) is 2.72. The number of rotatable bonds is 1. The Morgan fingerprint density at radius 3 is 2.75 bits per heavy atom. The lowest BCUT2D eigenvalue weighted by atomic mass is 10.0. The molecule has 1 atom stereocenters. The number of nitrogens with one attached hydrogen (secondary N) is 1. The summed E-state index contributed by atoms with van der Waals surface area (Å²) in [6.07, 6.45) is 1.09. The van der Waals surface area contributed by atoms with Crippen molar-refractivity contribution < 1.29 is 4.74 Å². The van der Waals surface area contributed by atoms with Crippen LogP contribution in [0, 0.1) is 0 Å². The van der Waals surface area contributed by atoms with Crippen LogP contribution < -0.4 is 10.2 Å². The Hall–Kier alpha value is -1.13. The van der Waals surface area contributed by atoms with Gasteiger partial charge >= 0.3 is 0 Å². The molecule has 0 aliphatic carbocycles. The van der Waals surface area contributed by atoms with Gasteiger partial charge < -0.3 is 15.0 Å². The lowest BCUT2D eigenvalue weighted by molar-refractivity contribution is 0.122. The van der Waals surface area contributed by atoms with Crippen LogP contribution in [0.4, 0.5) is 5.82 Å². The molecule has 1 unspecified atom stereocenters. The Balaban J connectivity index is 0.000000704. The zero-order valence-corrected chi connectivity index (χ0v) is 13.0. The maximum absolute atomic E-state index is 5.40. The van der Waals surface area contributed by atoms with E-state index in [-0.39, 0.29) is 0 Å².